The summed E-state index contributed by atoms with van der Waals surface area (Å²) in [6.07, 6.45) is 0. The summed E-state index contributed by atoms with van der Waals surface area (Å²) >= 11 is 0. The average molecular weight is 409 g/mol. The van der Waals surface area contributed by atoms with Crippen molar-refractivity contribution in [1.82, 2.24) is 0 Å². The highest BCUT2D eigenvalue weighted by molar-refractivity contribution is 8.31. The van der Waals surface area contributed by atoms with Crippen molar-refractivity contribution in [2.75, 3.05) is 38.0 Å². The van der Waals surface area contributed by atoms with E-state index in [1.54, 1.807) is 38.0 Å². The lowest BCUT2D eigenvalue weighted by molar-refractivity contribution is 0.00380. The predicted molar refractivity (Wildman–Crippen MR) is 105 cm³/mol. The second-order valence-corrected chi connectivity index (χ2v) is 10.1. The van der Waals surface area contributed by atoms with Crippen molar-refractivity contribution >= 4 is 35.4 Å². The van der Waals surface area contributed by atoms with Crippen molar-refractivity contribution in [2.24, 2.45) is 0 Å². The van der Waals surface area contributed by atoms with Gasteiger partial charge in [0, 0.05) is 39.6 Å². The van der Waals surface area contributed by atoms with Gasteiger partial charge in [0.25, 0.3) is 19.7 Å². The largest absolute Gasteiger partial charge is 0.504 e. The topological polar surface area (TPSA) is 111 Å². The van der Waals surface area contributed by atoms with Crippen LogP contribution in [0.1, 0.15) is 0 Å². The molecule has 10 heteroatoms. The zero-order valence-electron chi connectivity index (χ0n) is 15.4. The molecule has 0 bridgehead atoms. The van der Waals surface area contributed by atoms with E-state index in [1.165, 1.54) is 48.5 Å². The van der Waals surface area contributed by atoms with E-state index in [-0.39, 0.29) is 9.79 Å². The van der Waals surface area contributed by atoms with Gasteiger partial charge < -0.3 is 15.3 Å². The monoisotopic (exact) mass is 408 g/mol. The Morgan fingerprint density at radius 1 is 0.704 bits per heavy atom. The third kappa shape index (κ3) is 4.02. The van der Waals surface area contributed by atoms with Crippen LogP contribution >= 0.6 is 0 Å². The summed E-state index contributed by atoms with van der Waals surface area (Å²) in [5.74, 6) is 0. The molecule has 0 fully saturated rings. The number of anilines is 2. The third-order valence-electron chi connectivity index (χ3n) is 3.87. The molecular weight excluding hydrogens is 388 g/mol. The van der Waals surface area contributed by atoms with Crippen LogP contribution in [0.5, 0.6) is 0 Å². The molecule has 0 aromatic heterocycles. The summed E-state index contributed by atoms with van der Waals surface area (Å²) in [7, 11) is -1.95. The SMILES string of the molecule is CN(C)c1ccc(S(=O)(=O)C(=[N+]=[N-])S(=O)(=O)c2ccc(N(C)C)cc2)cc1. The summed E-state index contributed by atoms with van der Waals surface area (Å²) in [6.45, 7) is 0. The Kier molecular flexibility index (Phi) is 5.74. The lowest BCUT2D eigenvalue weighted by atomic mass is 10.3. The standard InChI is InChI=1S/C17H20N4O4S2/c1-20(2)13-5-9-15(10-6-13)26(22,23)17(19-18)27(24,25)16-11-7-14(8-12-16)21(3)4/h5-12H,1-4H3. The molecular formula is C17H20N4O4S2. The average Bonchev–Trinajstić information content (AvgIpc) is 2.62. The first-order chi connectivity index (χ1) is 12.5. The van der Waals surface area contributed by atoms with E-state index in [2.05, 4.69) is 4.79 Å². The number of hydrogen-bond donors (Lipinski definition) is 0. The van der Waals surface area contributed by atoms with Gasteiger partial charge in [0.1, 0.15) is 0 Å². The first-order valence-electron chi connectivity index (χ1n) is 7.79. The molecule has 0 aliphatic carbocycles. The van der Waals surface area contributed by atoms with Crippen LogP contribution < -0.4 is 9.80 Å². The molecule has 27 heavy (non-hydrogen) atoms. The van der Waals surface area contributed by atoms with E-state index in [0.717, 1.165) is 11.4 Å². The number of rotatable bonds is 4. The second kappa shape index (κ2) is 7.51. The molecule has 2 rings (SSSR count). The van der Waals surface area contributed by atoms with Crippen LogP contribution in [-0.4, -0.2) is 54.2 Å². The maximum atomic E-state index is 12.7. The van der Waals surface area contributed by atoms with E-state index in [9.17, 15) is 22.4 Å². The predicted octanol–water partition coefficient (Wildman–Crippen LogP) is 1.65. The Balaban J connectivity index is 2.52. The fourth-order valence-electron chi connectivity index (χ4n) is 2.30. The Hall–Kier alpha value is -2.68. The number of sulfone groups is 2. The molecule has 0 saturated carbocycles. The molecule has 0 spiro atoms. The van der Waals surface area contributed by atoms with Crippen LogP contribution in [0.3, 0.4) is 0 Å². The van der Waals surface area contributed by atoms with Crippen molar-refractivity contribution in [1.29, 1.82) is 0 Å². The number of benzene rings is 2. The molecule has 0 aliphatic heterocycles. The second-order valence-electron chi connectivity index (χ2n) is 6.15. The first kappa shape index (κ1) is 20.6. The van der Waals surface area contributed by atoms with Crippen molar-refractivity contribution in [3.8, 4) is 0 Å². The van der Waals surface area contributed by atoms with Crippen LogP contribution in [0.2, 0.25) is 0 Å². The summed E-state index contributed by atoms with van der Waals surface area (Å²) in [5.41, 5.74) is 10.7. The first-order valence-corrected chi connectivity index (χ1v) is 10.8. The maximum absolute atomic E-state index is 12.7. The smallest absolute Gasteiger partial charge is 0.378 e. The van der Waals surface area contributed by atoms with Gasteiger partial charge in [-0.3, -0.25) is 0 Å². The van der Waals surface area contributed by atoms with Gasteiger partial charge in [-0.2, -0.15) is 0 Å². The van der Waals surface area contributed by atoms with E-state index < -0.39 is 24.1 Å². The Morgan fingerprint density at radius 2 is 1.00 bits per heavy atom. The van der Waals surface area contributed by atoms with Crippen molar-refractivity contribution in [3.05, 3.63) is 54.1 Å². The number of nitrogens with zero attached hydrogens (tertiary/aromatic N) is 4. The zero-order valence-corrected chi connectivity index (χ0v) is 17.0. The van der Waals surface area contributed by atoms with Crippen molar-refractivity contribution in [2.45, 2.75) is 9.79 Å². The van der Waals surface area contributed by atoms with Gasteiger partial charge in [-0.15, -0.1) is 4.79 Å². The third-order valence-corrected chi connectivity index (χ3v) is 8.05. The summed E-state index contributed by atoms with van der Waals surface area (Å²) in [6, 6.07) is 11.2. The molecule has 0 aliphatic rings. The molecule has 2 aromatic rings. The van der Waals surface area contributed by atoms with Crippen LogP contribution in [0.25, 0.3) is 5.53 Å². The fraction of sp³-hybridized carbons (Fsp3) is 0.235. The molecule has 144 valence electrons. The molecule has 0 unspecified atom stereocenters. The van der Waals surface area contributed by atoms with Crippen LogP contribution in [0, 0.1) is 0 Å². The van der Waals surface area contributed by atoms with Gasteiger partial charge in [-0.1, -0.05) is 0 Å². The van der Waals surface area contributed by atoms with Crippen LogP contribution in [-0.2, 0) is 19.7 Å². The highest BCUT2D eigenvalue weighted by Gasteiger charge is 2.44. The molecule has 0 saturated heterocycles. The Morgan fingerprint density at radius 3 is 1.22 bits per heavy atom. The van der Waals surface area contributed by atoms with E-state index >= 15 is 0 Å². The summed E-state index contributed by atoms with van der Waals surface area (Å²) in [4.78, 5) is 5.58. The molecule has 0 radical (unpaired) electrons. The molecule has 0 amide bonds. The van der Waals surface area contributed by atoms with Crippen molar-refractivity contribution in [3.63, 3.8) is 0 Å². The zero-order chi connectivity index (χ0) is 20.4. The molecule has 0 N–H and O–H groups in total. The minimum atomic E-state index is -4.54. The van der Waals surface area contributed by atoms with Gasteiger partial charge in [0.15, 0.2) is 0 Å². The normalized spacial score (nSPS) is 11.6. The highest BCUT2D eigenvalue weighted by atomic mass is 32.3. The summed E-state index contributed by atoms with van der Waals surface area (Å²) in [5, 5.41) is 0. The Bertz CT molecular complexity index is 999. The van der Waals surface area contributed by atoms with Crippen molar-refractivity contribution < 1.29 is 21.6 Å². The highest BCUT2D eigenvalue weighted by Crippen LogP contribution is 2.23. The summed E-state index contributed by atoms with van der Waals surface area (Å²) < 4.78 is 49.7. The van der Waals surface area contributed by atoms with Gasteiger partial charge >= 0.3 is 4.38 Å². The molecule has 8 nitrogen and oxygen atoms in total. The van der Waals surface area contributed by atoms with E-state index in [4.69, 9.17) is 0 Å². The lowest BCUT2D eigenvalue weighted by Crippen LogP contribution is -2.26. The van der Waals surface area contributed by atoms with Gasteiger partial charge in [-0.25, -0.2) is 16.8 Å². The maximum Gasteiger partial charge on any atom is 0.504 e. The van der Waals surface area contributed by atoms with Gasteiger partial charge in [0.05, 0.1) is 9.79 Å². The van der Waals surface area contributed by atoms with Crippen LogP contribution in [0.4, 0.5) is 11.4 Å². The quantitative estimate of drug-likeness (QED) is 0.329. The van der Waals surface area contributed by atoms with Gasteiger partial charge in [-0.05, 0) is 48.5 Å². The molecule has 0 heterocycles. The molecule has 2 aromatic carbocycles. The lowest BCUT2D eigenvalue weighted by Gasteiger charge is -2.13. The van der Waals surface area contributed by atoms with E-state index in [1.807, 2.05) is 0 Å². The minimum Gasteiger partial charge on any atom is -0.378 e. The Labute approximate surface area is 159 Å². The van der Waals surface area contributed by atoms with Crippen LogP contribution in [0.15, 0.2) is 58.3 Å². The van der Waals surface area contributed by atoms with Gasteiger partial charge in [0.2, 0.25) is 0 Å². The molecule has 0 atom stereocenters. The number of hydrogen-bond acceptors (Lipinski definition) is 6. The minimum absolute atomic E-state index is 0.283. The fourth-order valence-corrected chi connectivity index (χ4v) is 5.64. The van der Waals surface area contributed by atoms with E-state index in [0.29, 0.717) is 0 Å².